The largest absolute Gasteiger partial charge is 0.465 e. The molecule has 1 aromatic carbocycles. The van der Waals surface area contributed by atoms with E-state index in [0.717, 1.165) is 5.69 Å². The number of likely N-dealkylation sites (N-methyl/N-ethyl adjacent to an activating group) is 1. The average molecular weight is 483 g/mol. The fourth-order valence-corrected chi connectivity index (χ4v) is 4.43. The third kappa shape index (κ3) is 5.29. The van der Waals surface area contributed by atoms with Crippen LogP contribution < -0.4 is 15.0 Å². The summed E-state index contributed by atoms with van der Waals surface area (Å²) in [5, 5.41) is 22.0. The molecule has 0 aliphatic heterocycles. The van der Waals surface area contributed by atoms with Crippen LogP contribution in [0.5, 0.6) is 11.5 Å². The lowest BCUT2D eigenvalue weighted by Crippen LogP contribution is -2.39. The van der Waals surface area contributed by atoms with Crippen molar-refractivity contribution in [1.82, 2.24) is 25.3 Å². The second kappa shape index (κ2) is 10.2. The van der Waals surface area contributed by atoms with Crippen LogP contribution in [0.25, 0.3) is 11.1 Å². The van der Waals surface area contributed by atoms with E-state index in [1.165, 1.54) is 37.1 Å². The molecule has 2 aromatic heterocycles. The van der Waals surface area contributed by atoms with Crippen LogP contribution in [0.4, 0.5) is 15.0 Å². The van der Waals surface area contributed by atoms with Crippen LogP contribution in [0.3, 0.4) is 0 Å². The number of benzene rings is 1. The molecule has 11 heteroatoms. The Morgan fingerprint density at radius 2 is 1.89 bits per heavy atom. The Morgan fingerprint density at radius 3 is 2.63 bits per heavy atom. The lowest BCUT2D eigenvalue weighted by atomic mass is 9.98. The normalized spacial score (nSPS) is 19.5. The highest BCUT2D eigenvalue weighted by Crippen LogP contribution is 2.39. The smallest absolute Gasteiger partial charge is 0.404 e. The van der Waals surface area contributed by atoms with Gasteiger partial charge in [0.2, 0.25) is 0 Å². The molecule has 0 radical (unpaired) electrons. The summed E-state index contributed by atoms with van der Waals surface area (Å²) in [4.78, 5) is 29.7. The number of rotatable bonds is 7. The molecule has 1 fully saturated rings. The number of anilines is 1. The standard InChI is InChI=1S/C24H27FN6O4/c1-13(2)22-17(9-26-11-28-22)16-6-14(25)4-5-20(16)35-21-10-27-12-29-23(21)31(3)18-7-15(8-19(18)32)30-24(33)34/h4-6,9-13,15,18-19,30,32H,7-8H2,1-3H3,(H,33,34)/t15-,18+,19-/m1/s1. The fraction of sp³-hybridized carbons (Fsp3) is 0.375. The van der Waals surface area contributed by atoms with E-state index < -0.39 is 24.1 Å². The minimum atomic E-state index is -1.13. The summed E-state index contributed by atoms with van der Waals surface area (Å²) in [7, 11) is 1.75. The molecule has 3 atom stereocenters. The predicted octanol–water partition coefficient (Wildman–Crippen LogP) is 3.58. The number of hydrogen-bond acceptors (Lipinski definition) is 8. The van der Waals surface area contributed by atoms with Crippen molar-refractivity contribution in [3.63, 3.8) is 0 Å². The van der Waals surface area contributed by atoms with E-state index in [1.54, 1.807) is 18.1 Å². The van der Waals surface area contributed by atoms with Crippen molar-refractivity contribution in [2.24, 2.45) is 0 Å². The molecule has 0 spiro atoms. The first-order chi connectivity index (χ1) is 16.7. The Balaban J connectivity index is 1.67. The number of halogens is 1. The summed E-state index contributed by atoms with van der Waals surface area (Å²) in [5.41, 5.74) is 1.89. The maximum absolute atomic E-state index is 14.3. The first kappa shape index (κ1) is 24.3. The van der Waals surface area contributed by atoms with Gasteiger partial charge in [-0.15, -0.1) is 0 Å². The number of ether oxygens (including phenoxy) is 1. The number of hydrogen-bond donors (Lipinski definition) is 3. The van der Waals surface area contributed by atoms with Crippen molar-refractivity contribution in [3.05, 3.63) is 54.8 Å². The Bertz CT molecular complexity index is 1210. The Kier molecular flexibility index (Phi) is 7.06. The molecule has 3 aromatic rings. The molecule has 1 aliphatic rings. The third-order valence-electron chi connectivity index (χ3n) is 6.06. The van der Waals surface area contributed by atoms with Gasteiger partial charge < -0.3 is 25.2 Å². The molecule has 2 heterocycles. The highest BCUT2D eigenvalue weighted by Gasteiger charge is 2.37. The second-order valence-electron chi connectivity index (χ2n) is 8.79. The van der Waals surface area contributed by atoms with Crippen molar-refractivity contribution < 1.29 is 24.1 Å². The SMILES string of the molecule is CC(C)c1ncncc1-c1cc(F)ccc1Oc1cncnc1N(C)[C@H]1C[C@@H](NC(=O)O)C[C@H]1O. The van der Waals surface area contributed by atoms with Gasteiger partial charge in [0, 0.05) is 30.4 Å². The second-order valence-corrected chi connectivity index (χ2v) is 8.79. The highest BCUT2D eigenvalue weighted by molar-refractivity contribution is 5.73. The molecule has 35 heavy (non-hydrogen) atoms. The number of aliphatic hydroxyl groups excluding tert-OH is 1. The molecule has 4 rings (SSSR count). The topological polar surface area (TPSA) is 134 Å². The van der Waals surface area contributed by atoms with Gasteiger partial charge in [0.05, 0.1) is 24.0 Å². The molecular formula is C24H27FN6O4. The van der Waals surface area contributed by atoms with E-state index in [9.17, 15) is 14.3 Å². The first-order valence-electron chi connectivity index (χ1n) is 11.2. The summed E-state index contributed by atoms with van der Waals surface area (Å²) in [6.07, 6.45) is 4.72. The summed E-state index contributed by atoms with van der Waals surface area (Å²) in [5.74, 6) is 0.710. The number of aromatic nitrogens is 4. The number of nitrogens with zero attached hydrogens (tertiary/aromatic N) is 5. The predicted molar refractivity (Wildman–Crippen MR) is 126 cm³/mol. The van der Waals surface area contributed by atoms with Gasteiger partial charge in [-0.05, 0) is 37.0 Å². The number of carbonyl (C=O) groups is 1. The van der Waals surface area contributed by atoms with E-state index >= 15 is 0 Å². The van der Waals surface area contributed by atoms with Crippen LogP contribution in [-0.4, -0.2) is 61.5 Å². The zero-order valence-corrected chi connectivity index (χ0v) is 19.6. The third-order valence-corrected chi connectivity index (χ3v) is 6.06. The number of nitrogens with one attached hydrogen (secondary N) is 1. The van der Waals surface area contributed by atoms with Crippen LogP contribution in [0.15, 0.2) is 43.2 Å². The van der Waals surface area contributed by atoms with E-state index in [2.05, 4.69) is 25.3 Å². The zero-order chi connectivity index (χ0) is 25.1. The van der Waals surface area contributed by atoms with E-state index in [-0.39, 0.29) is 18.4 Å². The van der Waals surface area contributed by atoms with Crippen molar-refractivity contribution in [3.8, 4) is 22.6 Å². The van der Waals surface area contributed by atoms with Crippen molar-refractivity contribution in [1.29, 1.82) is 0 Å². The van der Waals surface area contributed by atoms with Gasteiger partial charge in [-0.25, -0.2) is 29.1 Å². The van der Waals surface area contributed by atoms with Gasteiger partial charge in [0.25, 0.3) is 0 Å². The quantitative estimate of drug-likeness (QED) is 0.462. The summed E-state index contributed by atoms with van der Waals surface area (Å²) < 4.78 is 20.5. The average Bonchev–Trinajstić information content (AvgIpc) is 3.19. The van der Waals surface area contributed by atoms with Crippen molar-refractivity contribution in [2.75, 3.05) is 11.9 Å². The molecule has 184 valence electrons. The molecule has 3 N–H and O–H groups in total. The molecule has 1 saturated carbocycles. The molecule has 10 nitrogen and oxygen atoms in total. The van der Waals surface area contributed by atoms with Gasteiger partial charge >= 0.3 is 6.09 Å². The van der Waals surface area contributed by atoms with Crippen LogP contribution in [0.1, 0.15) is 38.3 Å². The summed E-state index contributed by atoms with van der Waals surface area (Å²) in [6, 6.07) is 3.42. The Labute approximate surface area is 201 Å². The minimum absolute atomic E-state index is 0.0714. The summed E-state index contributed by atoms with van der Waals surface area (Å²) >= 11 is 0. The van der Waals surface area contributed by atoms with Crippen LogP contribution in [-0.2, 0) is 0 Å². The van der Waals surface area contributed by atoms with Crippen LogP contribution in [0.2, 0.25) is 0 Å². The van der Waals surface area contributed by atoms with E-state index in [0.29, 0.717) is 34.9 Å². The van der Waals surface area contributed by atoms with Gasteiger partial charge in [0.15, 0.2) is 11.6 Å². The molecule has 1 aliphatic carbocycles. The highest BCUT2D eigenvalue weighted by atomic mass is 19.1. The number of amides is 1. The lowest BCUT2D eigenvalue weighted by Gasteiger charge is -2.29. The Morgan fingerprint density at radius 1 is 1.14 bits per heavy atom. The number of aliphatic hydroxyl groups is 1. The number of carboxylic acid groups (broad SMARTS) is 1. The summed E-state index contributed by atoms with van der Waals surface area (Å²) in [6.45, 7) is 3.98. The van der Waals surface area contributed by atoms with E-state index in [4.69, 9.17) is 9.84 Å². The molecule has 1 amide bonds. The zero-order valence-electron chi connectivity index (χ0n) is 19.6. The minimum Gasteiger partial charge on any atom is -0.465 e. The van der Waals surface area contributed by atoms with Gasteiger partial charge in [0.1, 0.15) is 24.2 Å². The van der Waals surface area contributed by atoms with Crippen molar-refractivity contribution in [2.45, 2.75) is 50.8 Å². The van der Waals surface area contributed by atoms with Gasteiger partial charge in [-0.1, -0.05) is 13.8 Å². The molecule has 0 bridgehead atoms. The fourth-order valence-electron chi connectivity index (χ4n) is 4.43. The first-order valence-corrected chi connectivity index (χ1v) is 11.2. The van der Waals surface area contributed by atoms with E-state index in [1.807, 2.05) is 13.8 Å². The molecule has 0 unspecified atom stereocenters. The van der Waals surface area contributed by atoms with Gasteiger partial charge in [-0.2, -0.15) is 0 Å². The van der Waals surface area contributed by atoms with Crippen molar-refractivity contribution >= 4 is 11.9 Å². The van der Waals surface area contributed by atoms with Crippen LogP contribution in [0, 0.1) is 5.82 Å². The van der Waals surface area contributed by atoms with Crippen LogP contribution >= 0.6 is 0 Å². The maximum Gasteiger partial charge on any atom is 0.404 e. The Hall–Kier alpha value is -3.86. The molecular weight excluding hydrogens is 455 g/mol. The monoisotopic (exact) mass is 482 g/mol. The lowest BCUT2D eigenvalue weighted by molar-refractivity contribution is 0.159. The maximum atomic E-state index is 14.3. The van der Waals surface area contributed by atoms with Gasteiger partial charge in [-0.3, -0.25) is 0 Å². The molecule has 0 saturated heterocycles.